The lowest BCUT2D eigenvalue weighted by Gasteiger charge is -2.34. The summed E-state index contributed by atoms with van der Waals surface area (Å²) >= 11 is 0. The van der Waals surface area contributed by atoms with E-state index in [1.54, 1.807) is 12.1 Å². The van der Waals surface area contributed by atoms with Gasteiger partial charge in [0.25, 0.3) is 0 Å². The Bertz CT molecular complexity index is 696. The quantitative estimate of drug-likeness (QED) is 0.899. The van der Waals surface area contributed by atoms with Crippen molar-refractivity contribution in [2.24, 2.45) is 0 Å². The zero-order valence-electron chi connectivity index (χ0n) is 11.0. The number of rotatable bonds is 3. The first-order chi connectivity index (χ1) is 9.65. The number of para-hydroxylation sites is 1. The first kappa shape index (κ1) is 11.9. The minimum Gasteiger partial charge on any atom is -0.478 e. The predicted molar refractivity (Wildman–Crippen MR) is 72.9 cm³/mol. The summed E-state index contributed by atoms with van der Waals surface area (Å²) in [6.07, 6.45) is 3.38. The molecule has 0 bridgehead atoms. The van der Waals surface area contributed by atoms with Crippen molar-refractivity contribution in [2.45, 2.75) is 43.7 Å². The van der Waals surface area contributed by atoms with Gasteiger partial charge in [-0.25, -0.2) is 9.78 Å². The SMILES string of the molecule is O=C(O)c1cccc2nc(C3CC3)n(C3CC(O)C3)c12. The number of fused-ring (bicyclic) bond motifs is 1. The Morgan fingerprint density at radius 3 is 2.65 bits per heavy atom. The molecule has 2 aliphatic rings. The molecule has 0 aliphatic heterocycles. The van der Waals surface area contributed by atoms with Crippen LogP contribution in [0.25, 0.3) is 11.0 Å². The lowest BCUT2D eigenvalue weighted by atomic mass is 9.88. The molecule has 0 atom stereocenters. The highest BCUT2D eigenvalue weighted by Crippen LogP contribution is 2.45. The van der Waals surface area contributed by atoms with Crippen molar-refractivity contribution in [3.8, 4) is 0 Å². The number of aliphatic hydroxyl groups excluding tert-OH is 1. The van der Waals surface area contributed by atoms with Crippen molar-refractivity contribution in [2.75, 3.05) is 0 Å². The van der Waals surface area contributed by atoms with Crippen molar-refractivity contribution in [1.29, 1.82) is 0 Å². The van der Waals surface area contributed by atoms with Gasteiger partial charge in [0.15, 0.2) is 0 Å². The van der Waals surface area contributed by atoms with Crippen LogP contribution in [0.3, 0.4) is 0 Å². The van der Waals surface area contributed by atoms with Crippen molar-refractivity contribution < 1.29 is 15.0 Å². The van der Waals surface area contributed by atoms with Crippen LogP contribution in [0.2, 0.25) is 0 Å². The molecule has 5 heteroatoms. The summed E-state index contributed by atoms with van der Waals surface area (Å²) in [6.45, 7) is 0. The fraction of sp³-hybridized carbons (Fsp3) is 0.467. The third kappa shape index (κ3) is 1.66. The van der Waals surface area contributed by atoms with Gasteiger partial charge in [-0.3, -0.25) is 0 Å². The van der Waals surface area contributed by atoms with Crippen LogP contribution in [0.15, 0.2) is 18.2 Å². The third-order valence-corrected chi connectivity index (χ3v) is 4.36. The maximum Gasteiger partial charge on any atom is 0.337 e. The Labute approximate surface area is 115 Å². The van der Waals surface area contributed by atoms with Gasteiger partial charge in [0, 0.05) is 12.0 Å². The van der Waals surface area contributed by atoms with Crippen LogP contribution < -0.4 is 0 Å². The Balaban J connectivity index is 1.96. The van der Waals surface area contributed by atoms with Crippen molar-refractivity contribution >= 4 is 17.0 Å². The van der Waals surface area contributed by atoms with Gasteiger partial charge in [-0.2, -0.15) is 0 Å². The van der Waals surface area contributed by atoms with Gasteiger partial charge < -0.3 is 14.8 Å². The first-order valence-electron chi connectivity index (χ1n) is 7.07. The van der Waals surface area contributed by atoms with Gasteiger partial charge in [-0.15, -0.1) is 0 Å². The van der Waals surface area contributed by atoms with Gasteiger partial charge >= 0.3 is 5.97 Å². The summed E-state index contributed by atoms with van der Waals surface area (Å²) in [5, 5.41) is 19.0. The zero-order chi connectivity index (χ0) is 13.9. The fourth-order valence-corrected chi connectivity index (χ4v) is 3.11. The summed E-state index contributed by atoms with van der Waals surface area (Å²) in [5.41, 5.74) is 1.79. The van der Waals surface area contributed by atoms with E-state index in [0.29, 0.717) is 24.3 Å². The smallest absolute Gasteiger partial charge is 0.337 e. The molecule has 1 aromatic heterocycles. The highest BCUT2D eigenvalue weighted by atomic mass is 16.4. The summed E-state index contributed by atoms with van der Waals surface area (Å²) in [5.74, 6) is 0.548. The standard InChI is InChI=1S/C15H16N2O3/c18-10-6-9(7-10)17-13-11(15(19)20)2-1-3-12(13)16-14(17)8-4-5-8/h1-3,8-10,18H,4-7H2,(H,19,20). The van der Waals surface area contributed by atoms with E-state index in [1.165, 1.54) is 0 Å². The Morgan fingerprint density at radius 2 is 2.05 bits per heavy atom. The summed E-state index contributed by atoms with van der Waals surface area (Å²) in [6, 6.07) is 5.44. The molecule has 2 N–H and O–H groups in total. The number of benzene rings is 1. The number of aromatic carboxylic acids is 1. The number of carboxylic acids is 1. The molecule has 2 fully saturated rings. The Morgan fingerprint density at radius 1 is 1.30 bits per heavy atom. The molecule has 2 saturated carbocycles. The molecule has 5 nitrogen and oxygen atoms in total. The second-order valence-corrected chi connectivity index (χ2v) is 5.87. The summed E-state index contributed by atoms with van der Waals surface area (Å²) in [7, 11) is 0. The Hall–Kier alpha value is -1.88. The summed E-state index contributed by atoms with van der Waals surface area (Å²) < 4.78 is 2.09. The maximum absolute atomic E-state index is 11.5. The average Bonchev–Trinajstić information content (AvgIpc) is 3.15. The van der Waals surface area contributed by atoms with Crippen LogP contribution in [-0.4, -0.2) is 31.8 Å². The monoisotopic (exact) mass is 272 g/mol. The molecule has 4 rings (SSSR count). The molecule has 104 valence electrons. The molecule has 0 amide bonds. The number of aromatic nitrogens is 2. The molecule has 2 aliphatic carbocycles. The van der Waals surface area contributed by atoms with Gasteiger partial charge in [-0.05, 0) is 37.8 Å². The average molecular weight is 272 g/mol. The minimum atomic E-state index is -0.918. The third-order valence-electron chi connectivity index (χ3n) is 4.36. The fourth-order valence-electron chi connectivity index (χ4n) is 3.11. The number of hydrogen-bond acceptors (Lipinski definition) is 3. The van der Waals surface area contributed by atoms with Crippen LogP contribution in [0.4, 0.5) is 0 Å². The number of nitrogens with zero attached hydrogens (tertiary/aromatic N) is 2. The van der Waals surface area contributed by atoms with Crippen molar-refractivity contribution in [3.63, 3.8) is 0 Å². The molecule has 20 heavy (non-hydrogen) atoms. The normalized spacial score (nSPS) is 25.6. The van der Waals surface area contributed by atoms with E-state index in [9.17, 15) is 15.0 Å². The van der Waals surface area contributed by atoms with Gasteiger partial charge in [0.2, 0.25) is 0 Å². The van der Waals surface area contributed by atoms with Gasteiger partial charge in [0.1, 0.15) is 5.82 Å². The molecule has 0 unspecified atom stereocenters. The van der Waals surface area contributed by atoms with E-state index >= 15 is 0 Å². The lowest BCUT2D eigenvalue weighted by Crippen LogP contribution is -2.32. The van der Waals surface area contributed by atoms with Crippen LogP contribution >= 0.6 is 0 Å². The largest absolute Gasteiger partial charge is 0.478 e. The second-order valence-electron chi connectivity index (χ2n) is 5.87. The van der Waals surface area contributed by atoms with E-state index in [0.717, 1.165) is 29.7 Å². The lowest BCUT2D eigenvalue weighted by molar-refractivity contribution is 0.0489. The van der Waals surface area contributed by atoms with Crippen LogP contribution in [-0.2, 0) is 0 Å². The van der Waals surface area contributed by atoms with E-state index in [-0.39, 0.29) is 12.1 Å². The first-order valence-corrected chi connectivity index (χ1v) is 7.07. The maximum atomic E-state index is 11.5. The number of carbonyl (C=O) groups is 1. The van der Waals surface area contributed by atoms with Crippen molar-refractivity contribution in [3.05, 3.63) is 29.6 Å². The highest BCUT2D eigenvalue weighted by Gasteiger charge is 2.37. The molecule has 0 saturated heterocycles. The van der Waals surface area contributed by atoms with Gasteiger partial charge in [-0.1, -0.05) is 6.07 Å². The molecular weight excluding hydrogens is 256 g/mol. The van der Waals surface area contributed by atoms with E-state index < -0.39 is 5.97 Å². The van der Waals surface area contributed by atoms with Crippen LogP contribution in [0, 0.1) is 0 Å². The molecule has 2 aromatic rings. The molecule has 1 aromatic carbocycles. The molecule has 0 spiro atoms. The topological polar surface area (TPSA) is 75.3 Å². The number of hydrogen-bond donors (Lipinski definition) is 2. The minimum absolute atomic E-state index is 0.186. The number of carboxylic acid groups (broad SMARTS) is 1. The molecular formula is C15H16N2O3. The highest BCUT2D eigenvalue weighted by molar-refractivity contribution is 6.01. The number of imidazole rings is 1. The molecule has 1 heterocycles. The zero-order valence-corrected chi connectivity index (χ0v) is 11.0. The second kappa shape index (κ2) is 4.06. The molecule has 0 radical (unpaired) electrons. The van der Waals surface area contributed by atoms with Crippen LogP contribution in [0.5, 0.6) is 0 Å². The summed E-state index contributed by atoms with van der Waals surface area (Å²) in [4.78, 5) is 16.1. The number of aliphatic hydroxyl groups is 1. The predicted octanol–water partition coefficient (Wildman–Crippen LogP) is 2.31. The van der Waals surface area contributed by atoms with E-state index in [1.807, 2.05) is 6.07 Å². The van der Waals surface area contributed by atoms with Gasteiger partial charge in [0.05, 0.1) is 22.7 Å². The Kier molecular flexibility index (Phi) is 2.41. The van der Waals surface area contributed by atoms with E-state index in [2.05, 4.69) is 9.55 Å². The van der Waals surface area contributed by atoms with Crippen LogP contribution in [0.1, 0.15) is 53.8 Å². The van der Waals surface area contributed by atoms with E-state index in [4.69, 9.17) is 0 Å². The van der Waals surface area contributed by atoms with Crippen molar-refractivity contribution in [1.82, 2.24) is 9.55 Å².